The summed E-state index contributed by atoms with van der Waals surface area (Å²) in [6, 6.07) is 19.3. The summed E-state index contributed by atoms with van der Waals surface area (Å²) in [5.74, 6) is 0. The number of aliphatic hydroxyl groups excluding tert-OH is 1. The first-order valence-corrected chi connectivity index (χ1v) is 7.58. The lowest BCUT2D eigenvalue weighted by atomic mass is 9.99. The van der Waals surface area contributed by atoms with Gasteiger partial charge in [-0.05, 0) is 17.5 Å². The number of hydrogen-bond donors (Lipinski definition) is 3. The molecule has 2 aromatic carbocycles. The summed E-state index contributed by atoms with van der Waals surface area (Å²) < 4.78 is 1.39. The summed E-state index contributed by atoms with van der Waals surface area (Å²) in [5, 5.41) is 11.5. The molecule has 1 unspecified atom stereocenters. The Kier molecular flexibility index (Phi) is 6.30. The highest BCUT2D eigenvalue weighted by Crippen LogP contribution is 2.26. The Morgan fingerprint density at radius 2 is 1.68 bits per heavy atom. The Bertz CT molecular complexity index is 578. The highest BCUT2D eigenvalue weighted by Gasteiger charge is 2.22. The first-order valence-electron chi connectivity index (χ1n) is 7.18. The molecule has 4 nitrogen and oxygen atoms in total. The molecule has 0 aromatic heterocycles. The van der Waals surface area contributed by atoms with Gasteiger partial charge >= 0.3 is 6.03 Å². The Morgan fingerprint density at radius 1 is 1.09 bits per heavy atom. The lowest BCUT2D eigenvalue weighted by molar-refractivity contribution is 0.211. The maximum atomic E-state index is 12.1. The lowest BCUT2D eigenvalue weighted by Gasteiger charge is -2.27. The average Bonchev–Trinajstić information content (AvgIpc) is 2.58. The van der Waals surface area contributed by atoms with Crippen molar-refractivity contribution in [2.45, 2.75) is 12.5 Å². The van der Waals surface area contributed by atoms with Crippen molar-refractivity contribution in [1.29, 1.82) is 0 Å². The third-order valence-corrected chi connectivity index (χ3v) is 3.81. The minimum Gasteiger partial charge on any atom is -0.395 e. The van der Waals surface area contributed by atoms with E-state index in [0.717, 1.165) is 11.1 Å². The van der Waals surface area contributed by atoms with Crippen molar-refractivity contribution in [1.82, 2.24) is 9.62 Å². The predicted molar refractivity (Wildman–Crippen MR) is 90.6 cm³/mol. The van der Waals surface area contributed by atoms with Crippen molar-refractivity contribution < 1.29 is 9.90 Å². The summed E-state index contributed by atoms with van der Waals surface area (Å²) in [5.41, 5.74) is 2.14. The number of nitrogens with one attached hydrogen (secondary N) is 1. The molecule has 116 valence electrons. The second kappa shape index (κ2) is 8.46. The van der Waals surface area contributed by atoms with Crippen molar-refractivity contribution in [3.63, 3.8) is 0 Å². The maximum absolute atomic E-state index is 12.1. The van der Waals surface area contributed by atoms with Gasteiger partial charge in [0.15, 0.2) is 0 Å². The first kappa shape index (κ1) is 16.4. The van der Waals surface area contributed by atoms with E-state index in [9.17, 15) is 4.79 Å². The Balaban J connectivity index is 2.20. The van der Waals surface area contributed by atoms with Gasteiger partial charge in [-0.3, -0.25) is 4.31 Å². The van der Waals surface area contributed by atoms with E-state index >= 15 is 0 Å². The highest BCUT2D eigenvalue weighted by molar-refractivity contribution is 7.78. The van der Waals surface area contributed by atoms with E-state index in [0.29, 0.717) is 6.42 Å². The number of amides is 2. The molecule has 5 heteroatoms. The van der Waals surface area contributed by atoms with Gasteiger partial charge in [0.25, 0.3) is 0 Å². The standard InChI is InChI=1S/C17H20N2O2S/c20-12-11-18-17(21)19(22)16(15-9-5-2-6-10-15)13-14-7-3-1-4-8-14/h1-10,16,20,22H,11-13H2,(H,18,21). The molecule has 22 heavy (non-hydrogen) atoms. The van der Waals surface area contributed by atoms with Crippen LogP contribution in [0.3, 0.4) is 0 Å². The summed E-state index contributed by atoms with van der Waals surface area (Å²) in [7, 11) is 0. The third kappa shape index (κ3) is 4.51. The van der Waals surface area contributed by atoms with Crippen LogP contribution in [0, 0.1) is 0 Å². The molecule has 2 N–H and O–H groups in total. The van der Waals surface area contributed by atoms with Gasteiger partial charge < -0.3 is 10.4 Å². The summed E-state index contributed by atoms with van der Waals surface area (Å²) in [6.07, 6.45) is 0.668. The molecule has 2 amide bonds. The molecule has 0 bridgehead atoms. The van der Waals surface area contributed by atoms with E-state index in [2.05, 4.69) is 18.1 Å². The first-order chi connectivity index (χ1) is 10.7. The SMILES string of the molecule is O=C(NCCO)N(S)C(Cc1ccccc1)c1ccccc1. The van der Waals surface area contributed by atoms with Crippen LogP contribution >= 0.6 is 12.8 Å². The maximum Gasteiger partial charge on any atom is 0.327 e. The van der Waals surface area contributed by atoms with E-state index in [1.165, 1.54) is 4.31 Å². The molecular formula is C17H20N2O2S. The summed E-state index contributed by atoms with van der Waals surface area (Å²) >= 11 is 4.37. The lowest BCUT2D eigenvalue weighted by Crippen LogP contribution is -2.38. The Hall–Kier alpha value is -1.98. The van der Waals surface area contributed by atoms with Crippen LogP contribution in [-0.2, 0) is 6.42 Å². The molecule has 0 radical (unpaired) electrons. The van der Waals surface area contributed by atoms with Gasteiger partial charge in [-0.15, -0.1) is 0 Å². The van der Waals surface area contributed by atoms with Crippen molar-refractivity contribution in [2.24, 2.45) is 0 Å². The molecule has 0 heterocycles. The second-order valence-corrected chi connectivity index (χ2v) is 5.35. The summed E-state index contributed by atoms with van der Waals surface area (Å²) in [6.45, 7) is 0.116. The smallest absolute Gasteiger partial charge is 0.327 e. The quantitative estimate of drug-likeness (QED) is 0.718. The van der Waals surface area contributed by atoms with Gasteiger partial charge in [-0.25, -0.2) is 4.79 Å². The van der Waals surface area contributed by atoms with Gasteiger partial charge in [0.05, 0.1) is 12.6 Å². The van der Waals surface area contributed by atoms with Gasteiger partial charge in [-0.2, -0.15) is 0 Å². The van der Waals surface area contributed by atoms with Gasteiger partial charge in [0.2, 0.25) is 0 Å². The zero-order valence-electron chi connectivity index (χ0n) is 12.2. The van der Waals surface area contributed by atoms with E-state index in [4.69, 9.17) is 5.11 Å². The van der Waals surface area contributed by atoms with Crippen LogP contribution in [0.4, 0.5) is 4.79 Å². The van der Waals surface area contributed by atoms with Crippen LogP contribution in [0.5, 0.6) is 0 Å². The van der Waals surface area contributed by atoms with Crippen molar-refractivity contribution >= 4 is 18.8 Å². The molecule has 1 atom stereocenters. The molecular weight excluding hydrogens is 296 g/mol. The Morgan fingerprint density at radius 3 is 2.27 bits per heavy atom. The van der Waals surface area contributed by atoms with Gasteiger partial charge in [0.1, 0.15) is 0 Å². The third-order valence-electron chi connectivity index (χ3n) is 3.35. The summed E-state index contributed by atoms with van der Waals surface area (Å²) in [4.78, 5) is 12.1. The molecule has 0 saturated heterocycles. The molecule has 0 fully saturated rings. The van der Waals surface area contributed by atoms with Gasteiger partial charge in [0, 0.05) is 6.54 Å². The number of urea groups is 1. The molecule has 0 aliphatic heterocycles. The zero-order chi connectivity index (χ0) is 15.8. The number of benzene rings is 2. The van der Waals surface area contributed by atoms with Crippen LogP contribution in [0.15, 0.2) is 60.7 Å². The zero-order valence-corrected chi connectivity index (χ0v) is 13.1. The normalized spacial score (nSPS) is 11.7. The van der Waals surface area contributed by atoms with Crippen LogP contribution < -0.4 is 5.32 Å². The molecule has 0 aliphatic rings. The highest BCUT2D eigenvalue weighted by atomic mass is 32.1. The van der Waals surface area contributed by atoms with E-state index < -0.39 is 0 Å². The number of carbonyl (C=O) groups is 1. The van der Waals surface area contributed by atoms with Crippen molar-refractivity contribution in [2.75, 3.05) is 13.2 Å². The largest absolute Gasteiger partial charge is 0.395 e. The van der Waals surface area contributed by atoms with Crippen molar-refractivity contribution in [3.8, 4) is 0 Å². The number of nitrogens with zero attached hydrogens (tertiary/aromatic N) is 1. The molecule has 0 aliphatic carbocycles. The fourth-order valence-corrected chi connectivity index (χ4v) is 2.53. The molecule has 0 spiro atoms. The predicted octanol–water partition coefficient (Wildman–Crippen LogP) is 2.82. The van der Waals surface area contributed by atoms with E-state index in [1.807, 2.05) is 60.7 Å². The van der Waals surface area contributed by atoms with Crippen LogP contribution in [-0.4, -0.2) is 28.6 Å². The number of rotatable bonds is 6. The Labute approximate surface area is 136 Å². The van der Waals surface area contributed by atoms with Crippen molar-refractivity contribution in [3.05, 3.63) is 71.8 Å². The van der Waals surface area contributed by atoms with E-state index in [1.54, 1.807) is 0 Å². The minimum absolute atomic E-state index is 0.0952. The van der Waals surface area contributed by atoms with E-state index in [-0.39, 0.29) is 25.2 Å². The molecule has 2 rings (SSSR count). The fourth-order valence-electron chi connectivity index (χ4n) is 2.24. The number of carbonyl (C=O) groups excluding carboxylic acids is 1. The second-order valence-electron chi connectivity index (χ2n) is 4.92. The number of hydrogen-bond acceptors (Lipinski definition) is 3. The molecule has 0 saturated carbocycles. The van der Waals surface area contributed by atoms with Crippen LogP contribution in [0.25, 0.3) is 0 Å². The molecule has 2 aromatic rings. The topological polar surface area (TPSA) is 52.6 Å². The average molecular weight is 316 g/mol. The number of aliphatic hydroxyl groups is 1. The van der Waals surface area contributed by atoms with Crippen LogP contribution in [0.2, 0.25) is 0 Å². The number of thiol groups is 1. The minimum atomic E-state index is -0.317. The van der Waals surface area contributed by atoms with Crippen LogP contribution in [0.1, 0.15) is 17.2 Å². The van der Waals surface area contributed by atoms with Gasteiger partial charge in [-0.1, -0.05) is 73.5 Å². The fraction of sp³-hybridized carbons (Fsp3) is 0.235. The monoisotopic (exact) mass is 316 g/mol.